The maximum absolute atomic E-state index is 5.52. The van der Waals surface area contributed by atoms with Gasteiger partial charge < -0.3 is 4.74 Å². The third-order valence-electron chi connectivity index (χ3n) is 3.64. The van der Waals surface area contributed by atoms with Crippen LogP contribution >= 0.6 is 12.6 Å². The van der Waals surface area contributed by atoms with Gasteiger partial charge in [0, 0.05) is 18.6 Å². The predicted molar refractivity (Wildman–Crippen MR) is 62.0 cm³/mol. The molecule has 1 aliphatic carbocycles. The van der Waals surface area contributed by atoms with Gasteiger partial charge in [-0.1, -0.05) is 0 Å². The second-order valence-corrected chi connectivity index (χ2v) is 5.76. The number of hydrogen-bond donors (Lipinski definition) is 1. The standard InChI is InChI=1S/C11H21NOS/c1-10(2)8-13-6-5-12(10)7-11(9-14)3-4-11/h14H,3-9H2,1-2H3. The van der Waals surface area contributed by atoms with Crippen molar-refractivity contribution < 1.29 is 4.74 Å². The third-order valence-corrected chi connectivity index (χ3v) is 4.31. The first-order chi connectivity index (χ1) is 6.58. The van der Waals surface area contributed by atoms with E-state index in [9.17, 15) is 0 Å². The predicted octanol–water partition coefficient (Wildman–Crippen LogP) is 1.81. The molecule has 0 spiro atoms. The van der Waals surface area contributed by atoms with Crippen molar-refractivity contribution >= 4 is 12.6 Å². The van der Waals surface area contributed by atoms with Crippen molar-refractivity contribution in [3.8, 4) is 0 Å². The monoisotopic (exact) mass is 215 g/mol. The lowest BCUT2D eigenvalue weighted by molar-refractivity contribution is -0.0577. The number of hydrogen-bond acceptors (Lipinski definition) is 3. The van der Waals surface area contributed by atoms with Gasteiger partial charge in [-0.15, -0.1) is 0 Å². The van der Waals surface area contributed by atoms with Gasteiger partial charge in [-0.05, 0) is 37.9 Å². The zero-order chi connectivity index (χ0) is 10.2. The molecule has 82 valence electrons. The van der Waals surface area contributed by atoms with Gasteiger partial charge in [0.1, 0.15) is 0 Å². The van der Waals surface area contributed by atoms with E-state index >= 15 is 0 Å². The molecule has 2 nitrogen and oxygen atoms in total. The number of nitrogens with zero attached hydrogens (tertiary/aromatic N) is 1. The number of ether oxygens (including phenoxy) is 1. The largest absolute Gasteiger partial charge is 0.378 e. The van der Waals surface area contributed by atoms with Crippen molar-refractivity contribution in [1.29, 1.82) is 0 Å². The molecule has 3 heteroatoms. The Kier molecular flexibility index (Phi) is 2.84. The molecule has 0 unspecified atom stereocenters. The van der Waals surface area contributed by atoms with Crippen molar-refractivity contribution in [3.05, 3.63) is 0 Å². The topological polar surface area (TPSA) is 12.5 Å². The minimum Gasteiger partial charge on any atom is -0.378 e. The van der Waals surface area contributed by atoms with Gasteiger partial charge >= 0.3 is 0 Å². The average Bonchev–Trinajstić information content (AvgIpc) is 2.90. The second-order valence-electron chi connectivity index (χ2n) is 5.44. The molecule has 2 rings (SSSR count). The molecule has 2 fully saturated rings. The quantitative estimate of drug-likeness (QED) is 0.721. The maximum Gasteiger partial charge on any atom is 0.0645 e. The van der Waals surface area contributed by atoms with Gasteiger partial charge in [0.2, 0.25) is 0 Å². The Balaban J connectivity index is 1.95. The number of thiol groups is 1. The van der Waals surface area contributed by atoms with Crippen LogP contribution in [-0.2, 0) is 4.74 Å². The highest BCUT2D eigenvalue weighted by molar-refractivity contribution is 7.80. The third kappa shape index (κ3) is 2.10. The summed E-state index contributed by atoms with van der Waals surface area (Å²) < 4.78 is 5.52. The Bertz CT molecular complexity index is 213. The molecule has 2 aliphatic rings. The van der Waals surface area contributed by atoms with Gasteiger partial charge in [0.15, 0.2) is 0 Å². The van der Waals surface area contributed by atoms with E-state index in [0.717, 1.165) is 25.5 Å². The molecule has 1 saturated carbocycles. The first-order valence-corrected chi connectivity index (χ1v) is 6.15. The SMILES string of the molecule is CC1(C)COCCN1CC1(CS)CC1. The van der Waals surface area contributed by atoms with Crippen molar-refractivity contribution in [1.82, 2.24) is 4.90 Å². The summed E-state index contributed by atoms with van der Waals surface area (Å²) in [6.07, 6.45) is 2.73. The van der Waals surface area contributed by atoms with E-state index < -0.39 is 0 Å². The molecule has 0 amide bonds. The number of rotatable bonds is 3. The van der Waals surface area contributed by atoms with Crippen LogP contribution in [-0.4, -0.2) is 42.5 Å². The van der Waals surface area contributed by atoms with Crippen LogP contribution in [0.1, 0.15) is 26.7 Å². The fraction of sp³-hybridized carbons (Fsp3) is 1.00. The molecule has 0 aromatic heterocycles. The summed E-state index contributed by atoms with van der Waals surface area (Å²) in [7, 11) is 0. The van der Waals surface area contributed by atoms with Crippen LogP contribution < -0.4 is 0 Å². The van der Waals surface area contributed by atoms with E-state index in [4.69, 9.17) is 4.74 Å². The van der Waals surface area contributed by atoms with Gasteiger partial charge in [-0.25, -0.2) is 0 Å². The van der Waals surface area contributed by atoms with Crippen molar-refractivity contribution in [2.24, 2.45) is 5.41 Å². The van der Waals surface area contributed by atoms with Crippen LogP contribution in [0.4, 0.5) is 0 Å². The second kappa shape index (κ2) is 3.69. The molecule has 0 radical (unpaired) electrons. The summed E-state index contributed by atoms with van der Waals surface area (Å²) in [4.78, 5) is 2.58. The van der Waals surface area contributed by atoms with Crippen molar-refractivity contribution in [2.45, 2.75) is 32.2 Å². The Hall–Kier alpha value is 0.270. The summed E-state index contributed by atoms with van der Waals surface area (Å²) in [6.45, 7) is 8.62. The summed E-state index contributed by atoms with van der Waals surface area (Å²) in [6, 6.07) is 0. The zero-order valence-electron chi connectivity index (χ0n) is 9.25. The molecule has 0 atom stereocenters. The minimum absolute atomic E-state index is 0.219. The molecular weight excluding hydrogens is 194 g/mol. The van der Waals surface area contributed by atoms with E-state index in [1.807, 2.05) is 0 Å². The molecule has 0 aromatic rings. The Morgan fingerprint density at radius 3 is 2.57 bits per heavy atom. The van der Waals surface area contributed by atoms with Crippen LogP contribution in [0.3, 0.4) is 0 Å². The van der Waals surface area contributed by atoms with Crippen LogP contribution in [0.15, 0.2) is 0 Å². The van der Waals surface area contributed by atoms with Crippen LogP contribution in [0, 0.1) is 5.41 Å². The van der Waals surface area contributed by atoms with E-state index in [1.165, 1.54) is 19.4 Å². The summed E-state index contributed by atoms with van der Waals surface area (Å²) in [5, 5.41) is 0. The molecule has 0 bridgehead atoms. The number of morpholine rings is 1. The molecule has 1 heterocycles. The van der Waals surface area contributed by atoms with Crippen LogP contribution in [0.5, 0.6) is 0 Å². The van der Waals surface area contributed by atoms with E-state index in [0.29, 0.717) is 5.41 Å². The normalized spacial score (nSPS) is 30.2. The highest BCUT2D eigenvalue weighted by Crippen LogP contribution is 2.48. The van der Waals surface area contributed by atoms with Gasteiger partial charge in [0.25, 0.3) is 0 Å². The molecule has 14 heavy (non-hydrogen) atoms. The Morgan fingerprint density at radius 1 is 1.36 bits per heavy atom. The highest BCUT2D eigenvalue weighted by Gasteiger charge is 2.45. The van der Waals surface area contributed by atoms with Crippen LogP contribution in [0.25, 0.3) is 0 Å². The fourth-order valence-corrected chi connectivity index (χ4v) is 2.55. The Morgan fingerprint density at radius 2 is 2.07 bits per heavy atom. The highest BCUT2D eigenvalue weighted by atomic mass is 32.1. The van der Waals surface area contributed by atoms with E-state index in [2.05, 4.69) is 31.4 Å². The first kappa shape index (κ1) is 10.8. The smallest absolute Gasteiger partial charge is 0.0645 e. The minimum atomic E-state index is 0.219. The lowest BCUT2D eigenvalue weighted by Gasteiger charge is -2.43. The van der Waals surface area contributed by atoms with Gasteiger partial charge in [0.05, 0.1) is 13.2 Å². The first-order valence-electron chi connectivity index (χ1n) is 5.52. The molecule has 0 aromatic carbocycles. The Labute approximate surface area is 92.4 Å². The average molecular weight is 215 g/mol. The molecule has 1 saturated heterocycles. The fourth-order valence-electron chi connectivity index (χ4n) is 2.13. The molecular formula is C11H21NOS. The summed E-state index contributed by atoms with van der Waals surface area (Å²) in [5.41, 5.74) is 0.758. The van der Waals surface area contributed by atoms with E-state index in [1.54, 1.807) is 0 Å². The van der Waals surface area contributed by atoms with Crippen LogP contribution in [0.2, 0.25) is 0 Å². The lowest BCUT2D eigenvalue weighted by Crippen LogP contribution is -2.54. The lowest BCUT2D eigenvalue weighted by atomic mass is 9.99. The van der Waals surface area contributed by atoms with E-state index in [-0.39, 0.29) is 5.54 Å². The molecule has 0 N–H and O–H groups in total. The maximum atomic E-state index is 5.52. The summed E-state index contributed by atoms with van der Waals surface area (Å²) in [5.74, 6) is 1.04. The van der Waals surface area contributed by atoms with Crippen molar-refractivity contribution in [3.63, 3.8) is 0 Å². The van der Waals surface area contributed by atoms with Gasteiger partial charge in [-0.3, -0.25) is 4.90 Å². The summed E-state index contributed by atoms with van der Waals surface area (Å²) >= 11 is 4.46. The van der Waals surface area contributed by atoms with Gasteiger partial charge in [-0.2, -0.15) is 12.6 Å². The van der Waals surface area contributed by atoms with Crippen molar-refractivity contribution in [2.75, 3.05) is 32.1 Å². The molecule has 1 aliphatic heterocycles. The zero-order valence-corrected chi connectivity index (χ0v) is 10.1.